The average Bonchev–Trinajstić information content (AvgIpc) is 1.90. The number of hydrogen-bond donors (Lipinski definition) is 0. The molecule has 0 aliphatic carbocycles. The number of aliphatic imine (C=N–C) groups is 1. The van der Waals surface area contributed by atoms with E-state index in [4.69, 9.17) is 0 Å². The van der Waals surface area contributed by atoms with Gasteiger partial charge in [0.1, 0.15) is 0 Å². The maximum Gasteiger partial charge on any atom is 0.0964 e. The van der Waals surface area contributed by atoms with Gasteiger partial charge in [-0.05, 0) is 26.1 Å². The quantitative estimate of drug-likeness (QED) is 0.345. The number of nitrogens with zero attached hydrogens (tertiary/aromatic N) is 1. The largest absolute Gasteiger partial charge is 0.221 e. The van der Waals surface area contributed by atoms with Crippen LogP contribution in [0.25, 0.3) is 0 Å². The highest BCUT2D eigenvalue weighted by Gasteiger charge is 1.90. The summed E-state index contributed by atoms with van der Waals surface area (Å²) in [7, 11) is 0. The monoisotopic (exact) mass is 153 g/mol. The molecule has 1 nitrogen and oxygen atoms in total. The lowest BCUT2D eigenvalue weighted by atomic mass is 10.2. The molecule has 0 rings (SSSR count). The van der Waals surface area contributed by atoms with Gasteiger partial charge in [-0.3, -0.25) is 0 Å². The van der Waals surface area contributed by atoms with E-state index in [9.17, 15) is 0 Å². The van der Waals surface area contributed by atoms with E-state index < -0.39 is 0 Å². The number of hydrogen-bond acceptors (Lipinski definition) is 2. The highest BCUT2D eigenvalue weighted by Crippen LogP contribution is 1.94. The van der Waals surface area contributed by atoms with Gasteiger partial charge in [0.2, 0.25) is 0 Å². The van der Waals surface area contributed by atoms with Crippen molar-refractivity contribution < 1.29 is 0 Å². The molecule has 0 bridgehead atoms. The van der Waals surface area contributed by atoms with Gasteiger partial charge in [0.25, 0.3) is 0 Å². The zero-order valence-electron chi connectivity index (χ0n) is 6.24. The molecule has 10 heavy (non-hydrogen) atoms. The minimum absolute atomic E-state index is 0.0764. The fraction of sp³-hybridized carbons (Fsp3) is 0.375. The van der Waals surface area contributed by atoms with Gasteiger partial charge in [0.05, 0.1) is 11.2 Å². The van der Waals surface area contributed by atoms with E-state index in [2.05, 4.69) is 22.4 Å². The molecule has 0 amide bonds. The SMILES string of the molecule is CC=CC(C=CC)N=C=S. The summed E-state index contributed by atoms with van der Waals surface area (Å²) in [5.41, 5.74) is 0. The first-order valence-electron chi connectivity index (χ1n) is 3.17. The van der Waals surface area contributed by atoms with E-state index in [1.807, 2.05) is 38.2 Å². The van der Waals surface area contributed by atoms with E-state index in [1.165, 1.54) is 0 Å². The Morgan fingerprint density at radius 1 is 1.30 bits per heavy atom. The lowest BCUT2D eigenvalue weighted by molar-refractivity contribution is 1.03. The minimum Gasteiger partial charge on any atom is -0.221 e. The van der Waals surface area contributed by atoms with Gasteiger partial charge in [-0.15, -0.1) is 0 Å². The summed E-state index contributed by atoms with van der Waals surface area (Å²) >= 11 is 4.47. The Bertz CT molecular complexity index is 164. The number of thiocarbonyl (C=S) groups is 1. The Kier molecular flexibility index (Phi) is 5.94. The second-order valence-electron chi connectivity index (χ2n) is 1.76. The summed E-state index contributed by atoms with van der Waals surface area (Å²) in [6, 6.07) is 0.0764. The van der Waals surface area contributed by atoms with Crippen LogP contribution in [0, 0.1) is 0 Å². The number of rotatable bonds is 3. The van der Waals surface area contributed by atoms with Crippen molar-refractivity contribution in [3.05, 3.63) is 24.3 Å². The van der Waals surface area contributed by atoms with Crippen LogP contribution < -0.4 is 0 Å². The second kappa shape index (κ2) is 6.40. The molecule has 0 aromatic heterocycles. The number of allylic oxidation sites excluding steroid dienone is 2. The summed E-state index contributed by atoms with van der Waals surface area (Å²) in [6.45, 7) is 3.91. The summed E-state index contributed by atoms with van der Waals surface area (Å²) in [5, 5.41) is 2.34. The van der Waals surface area contributed by atoms with Crippen molar-refractivity contribution in [1.82, 2.24) is 0 Å². The second-order valence-corrected chi connectivity index (χ2v) is 1.95. The molecule has 0 heterocycles. The first-order chi connectivity index (χ1) is 4.85. The fourth-order valence-electron chi connectivity index (χ4n) is 0.605. The average molecular weight is 153 g/mol. The standard InChI is InChI=1S/C8H11NS/c1-3-5-8(6-4-2)9-7-10/h3-6,8H,1-2H3. The summed E-state index contributed by atoms with van der Waals surface area (Å²) in [4.78, 5) is 3.89. The maximum absolute atomic E-state index is 4.47. The third-order valence-electron chi connectivity index (χ3n) is 0.981. The fourth-order valence-corrected chi connectivity index (χ4v) is 0.727. The predicted octanol–water partition coefficient (Wildman–Crippen LogP) is 2.61. The van der Waals surface area contributed by atoms with Gasteiger partial charge in [0.15, 0.2) is 0 Å². The molecule has 0 unspecified atom stereocenters. The van der Waals surface area contributed by atoms with Gasteiger partial charge in [-0.2, -0.15) is 0 Å². The van der Waals surface area contributed by atoms with Crippen LogP contribution in [-0.4, -0.2) is 11.2 Å². The summed E-state index contributed by atoms with van der Waals surface area (Å²) in [6.07, 6.45) is 7.81. The topological polar surface area (TPSA) is 12.4 Å². The van der Waals surface area contributed by atoms with E-state index in [-0.39, 0.29) is 6.04 Å². The Labute approximate surface area is 67.2 Å². The first-order valence-corrected chi connectivity index (χ1v) is 3.58. The third kappa shape index (κ3) is 4.19. The molecule has 0 spiro atoms. The maximum atomic E-state index is 4.47. The van der Waals surface area contributed by atoms with E-state index in [1.54, 1.807) is 0 Å². The zero-order valence-corrected chi connectivity index (χ0v) is 7.06. The Morgan fingerprint density at radius 2 is 1.80 bits per heavy atom. The van der Waals surface area contributed by atoms with Gasteiger partial charge in [-0.25, -0.2) is 4.99 Å². The van der Waals surface area contributed by atoms with Crippen molar-refractivity contribution in [2.45, 2.75) is 19.9 Å². The Balaban J connectivity index is 4.10. The summed E-state index contributed by atoms with van der Waals surface area (Å²) < 4.78 is 0. The molecule has 0 aliphatic heterocycles. The minimum atomic E-state index is 0.0764. The Morgan fingerprint density at radius 3 is 2.10 bits per heavy atom. The highest BCUT2D eigenvalue weighted by atomic mass is 32.1. The molecule has 0 saturated heterocycles. The molecule has 0 aromatic carbocycles. The zero-order chi connectivity index (χ0) is 7.82. The molecule has 2 heteroatoms. The van der Waals surface area contributed by atoms with Crippen LogP contribution in [0.2, 0.25) is 0 Å². The molecule has 0 saturated carbocycles. The molecule has 0 atom stereocenters. The van der Waals surface area contributed by atoms with E-state index in [0.717, 1.165) is 0 Å². The van der Waals surface area contributed by atoms with Crippen LogP contribution in [0.3, 0.4) is 0 Å². The van der Waals surface area contributed by atoms with Gasteiger partial charge >= 0.3 is 0 Å². The van der Waals surface area contributed by atoms with Crippen LogP contribution in [0.1, 0.15) is 13.8 Å². The van der Waals surface area contributed by atoms with Gasteiger partial charge < -0.3 is 0 Å². The molecular weight excluding hydrogens is 142 g/mol. The molecule has 0 aliphatic rings. The van der Waals surface area contributed by atoms with E-state index in [0.29, 0.717) is 0 Å². The van der Waals surface area contributed by atoms with Crippen LogP contribution in [0.15, 0.2) is 29.3 Å². The molecule has 0 aromatic rings. The molecule has 0 radical (unpaired) electrons. The van der Waals surface area contributed by atoms with Crippen LogP contribution >= 0.6 is 12.2 Å². The highest BCUT2D eigenvalue weighted by molar-refractivity contribution is 7.78. The van der Waals surface area contributed by atoms with Crippen LogP contribution in [0.5, 0.6) is 0 Å². The van der Waals surface area contributed by atoms with Crippen molar-refractivity contribution >= 4 is 17.4 Å². The van der Waals surface area contributed by atoms with Crippen molar-refractivity contribution in [3.63, 3.8) is 0 Å². The van der Waals surface area contributed by atoms with Crippen LogP contribution in [0.4, 0.5) is 0 Å². The first kappa shape index (κ1) is 9.28. The van der Waals surface area contributed by atoms with Crippen molar-refractivity contribution in [3.8, 4) is 0 Å². The summed E-state index contributed by atoms with van der Waals surface area (Å²) in [5.74, 6) is 0. The Hall–Kier alpha value is -0.720. The number of isothiocyanates is 1. The molecular formula is C8H11NS. The van der Waals surface area contributed by atoms with Crippen molar-refractivity contribution in [2.24, 2.45) is 4.99 Å². The van der Waals surface area contributed by atoms with Crippen molar-refractivity contribution in [1.29, 1.82) is 0 Å². The molecule has 0 fully saturated rings. The predicted molar refractivity (Wildman–Crippen MR) is 48.4 cm³/mol. The van der Waals surface area contributed by atoms with Crippen molar-refractivity contribution in [2.75, 3.05) is 0 Å². The van der Waals surface area contributed by atoms with Crippen LogP contribution in [-0.2, 0) is 0 Å². The normalized spacial score (nSPS) is 13.8. The lowest BCUT2D eigenvalue weighted by Crippen LogP contribution is -1.91. The van der Waals surface area contributed by atoms with Gasteiger partial charge in [0, 0.05) is 0 Å². The molecule has 0 N–H and O–H groups in total. The van der Waals surface area contributed by atoms with E-state index >= 15 is 0 Å². The smallest absolute Gasteiger partial charge is 0.0964 e. The molecule has 54 valence electrons. The third-order valence-corrected chi connectivity index (χ3v) is 1.09. The lowest BCUT2D eigenvalue weighted by Gasteiger charge is -1.94. The van der Waals surface area contributed by atoms with Gasteiger partial charge in [-0.1, -0.05) is 24.3 Å².